The number of methoxy groups -OCH3 is 1. The van der Waals surface area contributed by atoms with Gasteiger partial charge in [-0.3, -0.25) is 4.79 Å². The zero-order valence-electron chi connectivity index (χ0n) is 8.91. The number of rotatable bonds is 3. The van der Waals surface area contributed by atoms with Crippen LogP contribution >= 0.6 is 27.3 Å². The minimum absolute atomic E-state index is 0.292. The first kappa shape index (κ1) is 12.7. The Morgan fingerprint density at radius 2 is 2.20 bits per heavy atom. The van der Waals surface area contributed by atoms with Gasteiger partial charge in [0.2, 0.25) is 0 Å². The Balaban J connectivity index is 2.93. The average Bonchev–Trinajstić information content (AvgIpc) is 2.62. The molecule has 0 aliphatic heterocycles. The van der Waals surface area contributed by atoms with Crippen LogP contribution in [-0.4, -0.2) is 13.1 Å². The molecule has 1 aromatic rings. The Bertz CT molecular complexity index is 362. The summed E-state index contributed by atoms with van der Waals surface area (Å²) < 4.78 is 5.75. The Labute approximate surface area is 102 Å². The fourth-order valence-electron chi connectivity index (χ4n) is 1.24. The van der Waals surface area contributed by atoms with Gasteiger partial charge in [-0.25, -0.2) is 0 Å². The van der Waals surface area contributed by atoms with Gasteiger partial charge < -0.3 is 10.5 Å². The SMILES string of the molecule is COC(=O)C(C)(C)[C@@H](N)c1ccc(Br)s1. The fourth-order valence-corrected chi connectivity index (χ4v) is 2.85. The molecule has 0 aliphatic carbocycles. The number of hydrogen-bond donors (Lipinski definition) is 1. The van der Waals surface area contributed by atoms with Crippen LogP contribution < -0.4 is 5.73 Å². The lowest BCUT2D eigenvalue weighted by atomic mass is 9.84. The predicted octanol–water partition coefficient (Wildman–Crippen LogP) is 2.71. The summed E-state index contributed by atoms with van der Waals surface area (Å²) in [5.74, 6) is -0.292. The summed E-state index contributed by atoms with van der Waals surface area (Å²) in [5, 5.41) is 0. The number of carbonyl (C=O) groups is 1. The van der Waals surface area contributed by atoms with Crippen LogP contribution in [0.2, 0.25) is 0 Å². The standard InChI is InChI=1S/C10H14BrNO2S/c1-10(2,9(13)14-3)8(12)6-4-5-7(11)15-6/h4-5,8H,12H2,1-3H3/t8-/m0/s1. The van der Waals surface area contributed by atoms with E-state index in [-0.39, 0.29) is 12.0 Å². The first-order valence-electron chi connectivity index (χ1n) is 4.49. The summed E-state index contributed by atoms with van der Waals surface area (Å²) in [6, 6.07) is 3.50. The summed E-state index contributed by atoms with van der Waals surface area (Å²) in [6.45, 7) is 3.58. The summed E-state index contributed by atoms with van der Waals surface area (Å²) in [5.41, 5.74) is 5.34. The van der Waals surface area contributed by atoms with E-state index in [1.807, 2.05) is 12.1 Å². The number of ether oxygens (including phenoxy) is 1. The van der Waals surface area contributed by atoms with Crippen molar-refractivity contribution in [3.05, 3.63) is 20.8 Å². The van der Waals surface area contributed by atoms with Crippen molar-refractivity contribution in [3.8, 4) is 0 Å². The maximum atomic E-state index is 11.5. The highest BCUT2D eigenvalue weighted by Crippen LogP contribution is 2.37. The number of halogens is 1. The predicted molar refractivity (Wildman–Crippen MR) is 64.7 cm³/mol. The van der Waals surface area contributed by atoms with E-state index in [9.17, 15) is 4.79 Å². The van der Waals surface area contributed by atoms with E-state index in [0.29, 0.717) is 0 Å². The largest absolute Gasteiger partial charge is 0.469 e. The van der Waals surface area contributed by atoms with Crippen molar-refractivity contribution in [2.45, 2.75) is 19.9 Å². The molecule has 1 heterocycles. The van der Waals surface area contributed by atoms with E-state index in [0.717, 1.165) is 8.66 Å². The molecule has 15 heavy (non-hydrogen) atoms. The van der Waals surface area contributed by atoms with Gasteiger partial charge in [-0.15, -0.1) is 11.3 Å². The van der Waals surface area contributed by atoms with E-state index in [2.05, 4.69) is 15.9 Å². The molecule has 0 aliphatic rings. The Morgan fingerprint density at radius 3 is 2.60 bits per heavy atom. The second-order valence-electron chi connectivity index (χ2n) is 3.83. The number of nitrogens with two attached hydrogens (primary N) is 1. The van der Waals surface area contributed by atoms with Gasteiger partial charge >= 0.3 is 5.97 Å². The maximum Gasteiger partial charge on any atom is 0.313 e. The van der Waals surface area contributed by atoms with Crippen molar-refractivity contribution in [3.63, 3.8) is 0 Å². The quantitative estimate of drug-likeness (QED) is 0.871. The van der Waals surface area contributed by atoms with E-state index in [4.69, 9.17) is 10.5 Å². The van der Waals surface area contributed by atoms with Gasteiger partial charge in [0.1, 0.15) is 0 Å². The lowest BCUT2D eigenvalue weighted by Gasteiger charge is -2.27. The third-order valence-corrected chi connectivity index (χ3v) is 4.10. The highest BCUT2D eigenvalue weighted by Gasteiger charge is 2.37. The molecule has 0 spiro atoms. The average molecular weight is 292 g/mol. The minimum atomic E-state index is -0.709. The topological polar surface area (TPSA) is 52.3 Å². The molecule has 0 bridgehead atoms. The van der Waals surface area contributed by atoms with E-state index < -0.39 is 5.41 Å². The molecule has 1 atom stereocenters. The number of hydrogen-bond acceptors (Lipinski definition) is 4. The van der Waals surface area contributed by atoms with Crippen LogP contribution in [0, 0.1) is 5.41 Å². The molecule has 0 radical (unpaired) electrons. The van der Waals surface area contributed by atoms with Gasteiger partial charge in [-0.1, -0.05) is 0 Å². The van der Waals surface area contributed by atoms with Crippen LogP contribution in [0.3, 0.4) is 0 Å². The van der Waals surface area contributed by atoms with Gasteiger partial charge in [0, 0.05) is 4.88 Å². The molecule has 0 unspecified atom stereocenters. The second kappa shape index (κ2) is 4.63. The van der Waals surface area contributed by atoms with Gasteiger partial charge in [0.25, 0.3) is 0 Å². The smallest absolute Gasteiger partial charge is 0.313 e. The third-order valence-electron chi connectivity index (χ3n) is 2.39. The van der Waals surface area contributed by atoms with Gasteiger partial charge in [0.15, 0.2) is 0 Å². The molecule has 3 nitrogen and oxygen atoms in total. The van der Waals surface area contributed by atoms with Crippen LogP contribution in [-0.2, 0) is 9.53 Å². The summed E-state index contributed by atoms with van der Waals surface area (Å²) in [4.78, 5) is 12.5. The molecular weight excluding hydrogens is 278 g/mol. The van der Waals surface area contributed by atoms with Gasteiger partial charge in [0.05, 0.1) is 22.4 Å². The molecule has 0 fully saturated rings. The molecular formula is C10H14BrNO2S. The monoisotopic (exact) mass is 291 g/mol. The molecule has 2 N–H and O–H groups in total. The Hall–Kier alpha value is -0.390. The molecule has 0 saturated carbocycles. The molecule has 1 aromatic heterocycles. The van der Waals surface area contributed by atoms with Crippen molar-refractivity contribution in [2.24, 2.45) is 11.1 Å². The fraction of sp³-hybridized carbons (Fsp3) is 0.500. The number of carbonyl (C=O) groups excluding carboxylic acids is 1. The lowest BCUT2D eigenvalue weighted by molar-refractivity contribution is -0.152. The highest BCUT2D eigenvalue weighted by molar-refractivity contribution is 9.11. The Morgan fingerprint density at radius 1 is 1.60 bits per heavy atom. The van der Waals surface area contributed by atoms with E-state index in [1.54, 1.807) is 13.8 Å². The normalized spacial score (nSPS) is 13.7. The van der Waals surface area contributed by atoms with Crippen LogP contribution in [0.4, 0.5) is 0 Å². The van der Waals surface area contributed by atoms with Crippen molar-refractivity contribution in [2.75, 3.05) is 7.11 Å². The third kappa shape index (κ3) is 2.59. The van der Waals surface area contributed by atoms with Crippen molar-refractivity contribution < 1.29 is 9.53 Å². The molecule has 0 aromatic carbocycles. The lowest BCUT2D eigenvalue weighted by Crippen LogP contribution is -2.36. The summed E-state index contributed by atoms with van der Waals surface area (Å²) in [6.07, 6.45) is 0. The number of thiophene rings is 1. The van der Waals surface area contributed by atoms with Crippen molar-refractivity contribution in [1.29, 1.82) is 0 Å². The number of esters is 1. The first-order valence-corrected chi connectivity index (χ1v) is 6.09. The second-order valence-corrected chi connectivity index (χ2v) is 6.33. The highest BCUT2D eigenvalue weighted by atomic mass is 79.9. The summed E-state index contributed by atoms with van der Waals surface area (Å²) >= 11 is 4.90. The van der Waals surface area contributed by atoms with Crippen molar-refractivity contribution in [1.82, 2.24) is 0 Å². The molecule has 0 saturated heterocycles. The van der Waals surface area contributed by atoms with Crippen LogP contribution in [0.1, 0.15) is 24.8 Å². The molecule has 84 valence electrons. The van der Waals surface area contributed by atoms with Gasteiger partial charge in [-0.2, -0.15) is 0 Å². The zero-order chi connectivity index (χ0) is 11.6. The van der Waals surface area contributed by atoms with Crippen LogP contribution in [0.25, 0.3) is 0 Å². The molecule has 1 rings (SSSR count). The van der Waals surface area contributed by atoms with Crippen molar-refractivity contribution >= 4 is 33.2 Å². The van der Waals surface area contributed by atoms with E-state index in [1.165, 1.54) is 18.4 Å². The summed E-state index contributed by atoms with van der Waals surface area (Å²) in [7, 11) is 1.38. The maximum absolute atomic E-state index is 11.5. The Kier molecular flexibility index (Phi) is 3.92. The molecule has 0 amide bonds. The van der Waals surface area contributed by atoms with E-state index >= 15 is 0 Å². The first-order chi connectivity index (χ1) is 6.89. The minimum Gasteiger partial charge on any atom is -0.469 e. The van der Waals surface area contributed by atoms with Gasteiger partial charge in [-0.05, 0) is 41.9 Å². The zero-order valence-corrected chi connectivity index (χ0v) is 11.3. The molecule has 5 heteroatoms. The van der Waals surface area contributed by atoms with Crippen LogP contribution in [0.5, 0.6) is 0 Å². The van der Waals surface area contributed by atoms with Crippen LogP contribution in [0.15, 0.2) is 15.9 Å².